The predicted octanol–water partition coefficient (Wildman–Crippen LogP) is 2.92. The molecule has 5 nitrogen and oxygen atoms in total. The van der Waals surface area contributed by atoms with Crippen LogP contribution in [0, 0.1) is 0 Å². The molecular formula is C14H16N2O3S2. The first-order valence-electron chi connectivity index (χ1n) is 6.93. The smallest absolute Gasteiger partial charge is 0.313 e. The van der Waals surface area contributed by atoms with E-state index >= 15 is 0 Å². The van der Waals surface area contributed by atoms with Crippen molar-refractivity contribution in [3.05, 3.63) is 21.8 Å². The van der Waals surface area contributed by atoms with Crippen LogP contribution in [-0.2, 0) is 10.3 Å². The maximum atomic E-state index is 12.8. The van der Waals surface area contributed by atoms with Crippen LogP contribution in [0.25, 0.3) is 10.2 Å². The summed E-state index contributed by atoms with van der Waals surface area (Å²) in [6, 6.07) is 1.82. The standard InChI is InChI=1S/C14H16N2O3S2/c1-2-14(5-3-6-14)16-12(19)11-9(4-7-20-11)15-13(16)21-8-10(17)18/h4,7H,2-3,5-6,8H2,1H3,(H,17,18). The van der Waals surface area contributed by atoms with E-state index in [-0.39, 0.29) is 16.9 Å². The van der Waals surface area contributed by atoms with Crippen LogP contribution in [0.5, 0.6) is 0 Å². The van der Waals surface area contributed by atoms with Crippen LogP contribution in [0.15, 0.2) is 21.4 Å². The van der Waals surface area contributed by atoms with Crippen molar-refractivity contribution in [1.82, 2.24) is 9.55 Å². The largest absolute Gasteiger partial charge is 0.481 e. The Balaban J connectivity index is 2.18. The molecule has 0 saturated heterocycles. The second-order valence-corrected chi connectivity index (χ2v) is 7.14. The Bertz CT molecular complexity index is 741. The number of nitrogens with zero attached hydrogens (tertiary/aromatic N) is 2. The third-order valence-electron chi connectivity index (χ3n) is 4.19. The summed E-state index contributed by atoms with van der Waals surface area (Å²) in [6.07, 6.45) is 3.89. The van der Waals surface area contributed by atoms with Crippen molar-refractivity contribution in [2.75, 3.05) is 5.75 Å². The maximum absolute atomic E-state index is 12.8. The van der Waals surface area contributed by atoms with Crippen molar-refractivity contribution in [3.8, 4) is 0 Å². The van der Waals surface area contributed by atoms with Crippen LogP contribution in [0.1, 0.15) is 32.6 Å². The van der Waals surface area contributed by atoms with Crippen LogP contribution in [-0.4, -0.2) is 26.4 Å². The molecule has 1 saturated carbocycles. The lowest BCUT2D eigenvalue weighted by molar-refractivity contribution is -0.133. The molecule has 1 aliphatic rings. The number of carboxylic acid groups (broad SMARTS) is 1. The number of thiophene rings is 1. The van der Waals surface area contributed by atoms with Gasteiger partial charge in [0.1, 0.15) is 4.70 Å². The summed E-state index contributed by atoms with van der Waals surface area (Å²) >= 11 is 2.54. The fourth-order valence-electron chi connectivity index (χ4n) is 2.85. The van der Waals surface area contributed by atoms with Crippen LogP contribution in [0.2, 0.25) is 0 Å². The molecule has 0 aromatic carbocycles. The first-order chi connectivity index (χ1) is 10.1. The number of carboxylic acids is 1. The lowest BCUT2D eigenvalue weighted by atomic mass is 9.74. The average Bonchev–Trinajstić information content (AvgIpc) is 2.87. The molecule has 7 heteroatoms. The molecule has 21 heavy (non-hydrogen) atoms. The second-order valence-electron chi connectivity index (χ2n) is 5.28. The van der Waals surface area contributed by atoms with E-state index in [4.69, 9.17) is 5.11 Å². The SMILES string of the molecule is CCC1(n2c(SCC(=O)O)nc3ccsc3c2=O)CCC1. The van der Waals surface area contributed by atoms with Gasteiger partial charge >= 0.3 is 5.97 Å². The van der Waals surface area contributed by atoms with E-state index in [9.17, 15) is 9.59 Å². The lowest BCUT2D eigenvalue weighted by Crippen LogP contribution is -2.47. The minimum Gasteiger partial charge on any atom is -0.481 e. The Morgan fingerprint density at radius 3 is 2.90 bits per heavy atom. The topological polar surface area (TPSA) is 72.2 Å². The van der Waals surface area contributed by atoms with Crippen molar-refractivity contribution in [2.24, 2.45) is 0 Å². The van der Waals surface area contributed by atoms with Gasteiger partial charge in [0.2, 0.25) is 0 Å². The highest BCUT2D eigenvalue weighted by Crippen LogP contribution is 2.43. The van der Waals surface area contributed by atoms with Gasteiger partial charge in [-0.1, -0.05) is 18.7 Å². The lowest BCUT2D eigenvalue weighted by Gasteiger charge is -2.43. The van der Waals surface area contributed by atoms with Gasteiger partial charge in [0.25, 0.3) is 5.56 Å². The van der Waals surface area contributed by atoms with Crippen LogP contribution in [0.4, 0.5) is 0 Å². The third-order valence-corrected chi connectivity index (χ3v) is 6.01. The van der Waals surface area contributed by atoms with Gasteiger partial charge < -0.3 is 5.11 Å². The first kappa shape index (κ1) is 14.6. The van der Waals surface area contributed by atoms with E-state index in [0.29, 0.717) is 15.4 Å². The van der Waals surface area contributed by atoms with Crippen molar-refractivity contribution < 1.29 is 9.90 Å². The number of hydrogen-bond donors (Lipinski definition) is 1. The summed E-state index contributed by atoms with van der Waals surface area (Å²) < 4.78 is 2.43. The van der Waals surface area contributed by atoms with Crippen LogP contribution >= 0.6 is 23.1 Å². The quantitative estimate of drug-likeness (QED) is 0.676. The molecule has 3 rings (SSSR count). The third kappa shape index (κ3) is 2.38. The van der Waals surface area contributed by atoms with Crippen LogP contribution in [0.3, 0.4) is 0 Å². The zero-order chi connectivity index (χ0) is 15.0. The molecule has 0 atom stereocenters. The molecule has 112 valence electrons. The van der Waals surface area contributed by atoms with E-state index < -0.39 is 5.97 Å². The summed E-state index contributed by atoms with van der Waals surface area (Å²) in [5.74, 6) is -0.979. The maximum Gasteiger partial charge on any atom is 0.313 e. The van der Waals surface area contributed by atoms with Gasteiger partial charge in [-0.2, -0.15) is 0 Å². The Morgan fingerprint density at radius 2 is 2.33 bits per heavy atom. The molecule has 0 radical (unpaired) electrons. The zero-order valence-electron chi connectivity index (χ0n) is 11.7. The Hall–Kier alpha value is -1.34. The van der Waals surface area contributed by atoms with Gasteiger partial charge in [0.15, 0.2) is 5.16 Å². The summed E-state index contributed by atoms with van der Waals surface area (Å²) in [5, 5.41) is 11.3. The van der Waals surface area contributed by atoms with Crippen molar-refractivity contribution in [2.45, 2.75) is 43.3 Å². The summed E-state index contributed by atoms with van der Waals surface area (Å²) in [7, 11) is 0. The van der Waals surface area contributed by atoms with E-state index in [0.717, 1.165) is 37.4 Å². The van der Waals surface area contributed by atoms with Crippen molar-refractivity contribution in [1.29, 1.82) is 0 Å². The molecule has 0 spiro atoms. The average molecular weight is 324 g/mol. The van der Waals surface area contributed by atoms with Gasteiger partial charge in [-0.25, -0.2) is 4.98 Å². The van der Waals surface area contributed by atoms with E-state index in [1.807, 2.05) is 11.4 Å². The fraction of sp³-hybridized carbons (Fsp3) is 0.500. The molecule has 2 aromatic rings. The zero-order valence-corrected chi connectivity index (χ0v) is 13.3. The second kappa shape index (κ2) is 5.46. The van der Waals surface area contributed by atoms with Gasteiger partial charge in [0, 0.05) is 5.54 Å². The summed E-state index contributed by atoms with van der Waals surface area (Å²) in [4.78, 5) is 28.2. The number of hydrogen-bond acceptors (Lipinski definition) is 5. The molecule has 0 aliphatic heterocycles. The highest BCUT2D eigenvalue weighted by atomic mass is 32.2. The van der Waals surface area contributed by atoms with Gasteiger partial charge in [0.05, 0.1) is 11.3 Å². The molecule has 2 heterocycles. The number of aliphatic carboxylic acids is 1. The molecule has 0 unspecified atom stereocenters. The molecule has 0 amide bonds. The predicted molar refractivity (Wildman–Crippen MR) is 84.4 cm³/mol. The molecular weight excluding hydrogens is 308 g/mol. The normalized spacial score (nSPS) is 16.8. The van der Waals surface area contributed by atoms with E-state index in [2.05, 4.69) is 11.9 Å². The highest BCUT2D eigenvalue weighted by Gasteiger charge is 2.40. The van der Waals surface area contributed by atoms with Gasteiger partial charge in [-0.15, -0.1) is 11.3 Å². The van der Waals surface area contributed by atoms with Gasteiger partial charge in [-0.3, -0.25) is 14.2 Å². The summed E-state index contributed by atoms with van der Waals surface area (Å²) in [6.45, 7) is 2.08. The first-order valence-corrected chi connectivity index (χ1v) is 8.79. The van der Waals surface area contributed by atoms with Crippen molar-refractivity contribution >= 4 is 39.3 Å². The minimum atomic E-state index is -0.898. The van der Waals surface area contributed by atoms with Crippen molar-refractivity contribution in [3.63, 3.8) is 0 Å². The molecule has 2 aromatic heterocycles. The molecule has 0 bridgehead atoms. The number of fused-ring (bicyclic) bond motifs is 1. The Kier molecular flexibility index (Phi) is 3.79. The van der Waals surface area contributed by atoms with E-state index in [1.165, 1.54) is 11.3 Å². The fourth-order valence-corrected chi connectivity index (χ4v) is 4.43. The number of rotatable bonds is 5. The Labute approximate surface area is 130 Å². The monoisotopic (exact) mass is 324 g/mol. The highest BCUT2D eigenvalue weighted by molar-refractivity contribution is 7.99. The molecule has 1 N–H and O–H groups in total. The molecule has 1 aliphatic carbocycles. The number of thioether (sulfide) groups is 1. The summed E-state index contributed by atoms with van der Waals surface area (Å²) in [5.41, 5.74) is 0.465. The Morgan fingerprint density at radius 1 is 1.57 bits per heavy atom. The minimum absolute atomic E-state index is 0.0237. The number of carbonyl (C=O) groups is 1. The van der Waals surface area contributed by atoms with Gasteiger partial charge in [-0.05, 0) is 37.1 Å². The van der Waals surface area contributed by atoms with E-state index in [1.54, 1.807) is 4.57 Å². The van der Waals surface area contributed by atoms with Crippen LogP contribution < -0.4 is 5.56 Å². The number of aromatic nitrogens is 2. The molecule has 1 fully saturated rings.